The SMILES string of the molecule is CC[C@H](C)CO[C@@H]1C[C@@H](CO)CC/C=C(\C)[C@@H](O)[C@H]2OC(=O)[C@H](C)[C@@H]21. The zero-order chi connectivity index (χ0) is 18.6. The van der Waals surface area contributed by atoms with Gasteiger partial charge in [-0.1, -0.05) is 33.3 Å². The van der Waals surface area contributed by atoms with Gasteiger partial charge in [0.15, 0.2) is 0 Å². The third-order valence-electron chi connectivity index (χ3n) is 5.94. The fourth-order valence-electron chi connectivity index (χ4n) is 3.85. The van der Waals surface area contributed by atoms with E-state index in [1.54, 1.807) is 0 Å². The fourth-order valence-corrected chi connectivity index (χ4v) is 3.85. The Hall–Kier alpha value is -0.910. The summed E-state index contributed by atoms with van der Waals surface area (Å²) in [5, 5.41) is 20.5. The van der Waals surface area contributed by atoms with E-state index in [1.807, 2.05) is 19.9 Å². The first-order valence-corrected chi connectivity index (χ1v) is 9.66. The highest BCUT2D eigenvalue weighted by molar-refractivity contribution is 5.75. The van der Waals surface area contributed by atoms with Crippen LogP contribution >= 0.6 is 0 Å². The van der Waals surface area contributed by atoms with Gasteiger partial charge in [0.05, 0.1) is 12.0 Å². The van der Waals surface area contributed by atoms with Crippen LogP contribution in [-0.2, 0) is 14.3 Å². The van der Waals surface area contributed by atoms with Gasteiger partial charge in [-0.15, -0.1) is 0 Å². The predicted octanol–water partition coefficient (Wildman–Crippen LogP) is 2.70. The molecule has 1 saturated heterocycles. The number of rotatable bonds is 5. The Balaban J connectivity index is 2.30. The van der Waals surface area contributed by atoms with Crippen LogP contribution in [0.5, 0.6) is 0 Å². The summed E-state index contributed by atoms with van der Waals surface area (Å²) in [6.45, 7) is 8.74. The second-order valence-electron chi connectivity index (χ2n) is 7.91. The molecule has 5 nitrogen and oxygen atoms in total. The minimum atomic E-state index is -0.792. The van der Waals surface area contributed by atoms with Gasteiger partial charge in [-0.05, 0) is 43.6 Å². The maximum atomic E-state index is 12.2. The highest BCUT2D eigenvalue weighted by Crippen LogP contribution is 2.39. The molecule has 7 atom stereocenters. The van der Waals surface area contributed by atoms with Crippen LogP contribution in [0, 0.1) is 23.7 Å². The van der Waals surface area contributed by atoms with Gasteiger partial charge in [-0.25, -0.2) is 0 Å². The van der Waals surface area contributed by atoms with Crippen molar-refractivity contribution in [1.82, 2.24) is 0 Å². The number of hydrogen-bond acceptors (Lipinski definition) is 5. The van der Waals surface area contributed by atoms with Gasteiger partial charge < -0.3 is 19.7 Å². The van der Waals surface area contributed by atoms with E-state index in [1.165, 1.54) is 0 Å². The smallest absolute Gasteiger partial charge is 0.309 e. The average molecular weight is 354 g/mol. The van der Waals surface area contributed by atoms with Crippen LogP contribution < -0.4 is 0 Å². The lowest BCUT2D eigenvalue weighted by molar-refractivity contribution is -0.147. The number of aliphatic hydroxyl groups is 2. The van der Waals surface area contributed by atoms with Gasteiger partial charge in [0, 0.05) is 19.1 Å². The predicted molar refractivity (Wildman–Crippen MR) is 95.9 cm³/mol. The first-order valence-electron chi connectivity index (χ1n) is 9.66. The molecule has 1 fully saturated rings. The van der Waals surface area contributed by atoms with Crippen molar-refractivity contribution < 1.29 is 24.5 Å². The Morgan fingerprint density at radius 1 is 1.44 bits per heavy atom. The van der Waals surface area contributed by atoms with Crippen LogP contribution in [0.2, 0.25) is 0 Å². The highest BCUT2D eigenvalue weighted by atomic mass is 16.6. The maximum absolute atomic E-state index is 12.2. The first kappa shape index (κ1) is 20.4. The van der Waals surface area contributed by atoms with E-state index in [0.717, 1.165) is 24.8 Å². The normalized spacial score (nSPS) is 39.9. The van der Waals surface area contributed by atoms with E-state index >= 15 is 0 Å². The molecule has 25 heavy (non-hydrogen) atoms. The lowest BCUT2D eigenvalue weighted by Gasteiger charge is -2.34. The van der Waals surface area contributed by atoms with Gasteiger partial charge in [-0.3, -0.25) is 4.79 Å². The van der Waals surface area contributed by atoms with Crippen LogP contribution in [0.3, 0.4) is 0 Å². The summed E-state index contributed by atoms with van der Waals surface area (Å²) in [6.07, 6.45) is 3.81. The van der Waals surface area contributed by atoms with Crippen molar-refractivity contribution in [2.75, 3.05) is 13.2 Å². The van der Waals surface area contributed by atoms with E-state index in [9.17, 15) is 15.0 Å². The zero-order valence-electron chi connectivity index (χ0n) is 16.0. The minimum Gasteiger partial charge on any atom is -0.459 e. The summed E-state index contributed by atoms with van der Waals surface area (Å²) in [6, 6.07) is 0. The minimum absolute atomic E-state index is 0.110. The molecule has 2 N–H and O–H groups in total. The molecular weight excluding hydrogens is 320 g/mol. The summed E-state index contributed by atoms with van der Waals surface area (Å²) in [5.41, 5.74) is 0.830. The molecule has 1 aliphatic carbocycles. The number of carbonyl (C=O) groups excluding carboxylic acids is 1. The summed E-state index contributed by atoms with van der Waals surface area (Å²) in [7, 11) is 0. The second-order valence-corrected chi connectivity index (χ2v) is 7.91. The monoisotopic (exact) mass is 354 g/mol. The Bertz CT molecular complexity index is 475. The zero-order valence-corrected chi connectivity index (χ0v) is 16.0. The fraction of sp³-hybridized carbons (Fsp3) is 0.850. The van der Waals surface area contributed by atoms with Crippen molar-refractivity contribution in [3.63, 3.8) is 0 Å². The molecule has 0 radical (unpaired) electrons. The van der Waals surface area contributed by atoms with Gasteiger partial charge >= 0.3 is 5.97 Å². The molecule has 0 amide bonds. The molecule has 5 heteroatoms. The molecule has 1 heterocycles. The Morgan fingerprint density at radius 2 is 2.16 bits per heavy atom. The van der Waals surface area contributed by atoms with Crippen LogP contribution in [-0.4, -0.2) is 47.7 Å². The lowest BCUT2D eigenvalue weighted by atomic mass is 9.78. The van der Waals surface area contributed by atoms with E-state index in [0.29, 0.717) is 18.9 Å². The van der Waals surface area contributed by atoms with Crippen LogP contribution in [0.25, 0.3) is 0 Å². The van der Waals surface area contributed by atoms with E-state index in [-0.39, 0.29) is 36.4 Å². The summed E-state index contributed by atoms with van der Waals surface area (Å²) < 4.78 is 11.8. The molecule has 0 aromatic heterocycles. The van der Waals surface area contributed by atoms with E-state index < -0.39 is 12.2 Å². The van der Waals surface area contributed by atoms with Gasteiger partial charge in [-0.2, -0.15) is 0 Å². The van der Waals surface area contributed by atoms with Crippen molar-refractivity contribution in [3.8, 4) is 0 Å². The number of hydrogen-bond donors (Lipinski definition) is 2. The second kappa shape index (κ2) is 9.15. The molecule has 2 aliphatic rings. The molecule has 0 aromatic carbocycles. The van der Waals surface area contributed by atoms with Crippen molar-refractivity contribution >= 4 is 5.97 Å². The third kappa shape index (κ3) is 4.83. The standard InChI is InChI=1S/C20H34O5/c1-5-12(2)11-24-16-9-15(10-21)8-6-7-13(3)18(22)19-17(16)14(4)20(23)25-19/h7,12,14-19,21-22H,5-6,8-11H2,1-4H3/b13-7+/t12-,14+,15-,16+,17+,18+,19-/m0/s1. The maximum Gasteiger partial charge on any atom is 0.309 e. The van der Waals surface area contributed by atoms with Crippen LogP contribution in [0.4, 0.5) is 0 Å². The van der Waals surface area contributed by atoms with Crippen LogP contribution in [0.15, 0.2) is 11.6 Å². The van der Waals surface area contributed by atoms with E-state index in [2.05, 4.69) is 13.8 Å². The van der Waals surface area contributed by atoms with Crippen molar-refractivity contribution in [1.29, 1.82) is 0 Å². The molecule has 1 aliphatic heterocycles. The Labute approximate surface area is 151 Å². The summed E-state index contributed by atoms with van der Waals surface area (Å²) >= 11 is 0. The number of aliphatic hydroxyl groups excluding tert-OH is 2. The molecule has 0 spiro atoms. The number of fused-ring (bicyclic) bond motifs is 1. The van der Waals surface area contributed by atoms with Gasteiger partial charge in [0.25, 0.3) is 0 Å². The third-order valence-corrected chi connectivity index (χ3v) is 5.94. The quantitative estimate of drug-likeness (QED) is 0.586. The van der Waals surface area contributed by atoms with Crippen LogP contribution in [0.1, 0.15) is 53.4 Å². The van der Waals surface area contributed by atoms with Crippen molar-refractivity contribution in [2.45, 2.75) is 71.7 Å². The van der Waals surface area contributed by atoms with Crippen molar-refractivity contribution in [2.24, 2.45) is 23.7 Å². The van der Waals surface area contributed by atoms with Gasteiger partial charge in [0.2, 0.25) is 0 Å². The molecule has 0 saturated carbocycles. The molecule has 0 aromatic rings. The Morgan fingerprint density at radius 3 is 2.80 bits per heavy atom. The van der Waals surface area contributed by atoms with Gasteiger partial charge in [0.1, 0.15) is 12.2 Å². The average Bonchev–Trinajstić information content (AvgIpc) is 2.90. The van der Waals surface area contributed by atoms with E-state index in [4.69, 9.17) is 9.47 Å². The highest BCUT2D eigenvalue weighted by Gasteiger charge is 2.50. The number of esters is 1. The molecule has 0 bridgehead atoms. The lowest BCUT2D eigenvalue weighted by Crippen LogP contribution is -2.43. The number of allylic oxidation sites excluding steroid dienone is 1. The number of carbonyl (C=O) groups is 1. The first-order chi connectivity index (χ1) is 11.9. The number of ether oxygens (including phenoxy) is 2. The summed E-state index contributed by atoms with van der Waals surface area (Å²) in [5.74, 6) is -0.208. The van der Waals surface area contributed by atoms with Crippen molar-refractivity contribution in [3.05, 3.63) is 11.6 Å². The summed E-state index contributed by atoms with van der Waals surface area (Å²) in [4.78, 5) is 12.2. The molecule has 144 valence electrons. The Kier molecular flexibility index (Phi) is 7.47. The molecular formula is C20H34O5. The molecule has 0 unspecified atom stereocenters. The topological polar surface area (TPSA) is 76.0 Å². The molecule has 2 rings (SSSR count). The largest absolute Gasteiger partial charge is 0.459 e.